The molecule has 7 heteroatoms. The maximum absolute atomic E-state index is 13.7. The van der Waals surface area contributed by atoms with Gasteiger partial charge in [0.15, 0.2) is 0 Å². The molecule has 2 aromatic rings. The molecule has 6 nitrogen and oxygen atoms in total. The molecule has 1 aliphatic carbocycles. The van der Waals surface area contributed by atoms with E-state index in [1.807, 2.05) is 44.2 Å². The standard InChI is InChI=1S/C24H32N2O4S/c1-18-9-12-20(13-10-18)16-25-24(27)17-26(21-7-5-4-6-8-21)31(28,29)23-15-19(2)11-14-22(23)30-3/h9-15,21H,4-8,16-17H2,1-3H3,(H,25,27). The van der Waals surface area contributed by atoms with E-state index in [1.54, 1.807) is 12.1 Å². The van der Waals surface area contributed by atoms with Gasteiger partial charge in [-0.15, -0.1) is 0 Å². The second-order valence-corrected chi connectivity index (χ2v) is 10.1. The molecule has 0 spiro atoms. The quantitative estimate of drug-likeness (QED) is 0.669. The minimum Gasteiger partial charge on any atom is -0.495 e. The summed E-state index contributed by atoms with van der Waals surface area (Å²) in [5, 5.41) is 2.88. The molecule has 0 radical (unpaired) electrons. The maximum atomic E-state index is 13.7. The zero-order valence-corrected chi connectivity index (χ0v) is 19.4. The average molecular weight is 445 g/mol. The Morgan fingerprint density at radius 3 is 2.32 bits per heavy atom. The van der Waals surface area contributed by atoms with Crippen LogP contribution in [0.4, 0.5) is 0 Å². The highest BCUT2D eigenvalue weighted by Crippen LogP contribution is 2.32. The number of carbonyl (C=O) groups excluding carboxylic acids is 1. The van der Waals surface area contributed by atoms with Crippen LogP contribution in [0.3, 0.4) is 0 Å². The Labute approximate surface area is 185 Å². The summed E-state index contributed by atoms with van der Waals surface area (Å²) >= 11 is 0. The summed E-state index contributed by atoms with van der Waals surface area (Å²) in [4.78, 5) is 12.9. The molecule has 0 bridgehead atoms. The Balaban J connectivity index is 1.83. The predicted molar refractivity (Wildman–Crippen MR) is 122 cm³/mol. The summed E-state index contributed by atoms with van der Waals surface area (Å²) < 4.78 is 34.1. The second-order valence-electron chi connectivity index (χ2n) is 8.26. The molecule has 0 heterocycles. The number of ether oxygens (including phenoxy) is 1. The molecule has 1 aliphatic rings. The highest BCUT2D eigenvalue weighted by Gasteiger charge is 2.35. The highest BCUT2D eigenvalue weighted by molar-refractivity contribution is 7.89. The molecule has 1 fully saturated rings. The van der Waals surface area contributed by atoms with E-state index in [9.17, 15) is 13.2 Å². The zero-order chi connectivity index (χ0) is 22.4. The number of methoxy groups -OCH3 is 1. The third-order valence-corrected chi connectivity index (χ3v) is 7.72. The van der Waals surface area contributed by atoms with Crippen molar-refractivity contribution in [2.45, 2.75) is 63.4 Å². The lowest BCUT2D eigenvalue weighted by molar-refractivity contribution is -0.121. The van der Waals surface area contributed by atoms with Crippen molar-refractivity contribution in [3.05, 3.63) is 59.2 Å². The molecule has 168 valence electrons. The lowest BCUT2D eigenvalue weighted by Crippen LogP contribution is -2.47. The van der Waals surface area contributed by atoms with Crippen LogP contribution in [0.1, 0.15) is 48.8 Å². The molecule has 0 atom stereocenters. The smallest absolute Gasteiger partial charge is 0.247 e. The maximum Gasteiger partial charge on any atom is 0.247 e. The fraction of sp³-hybridized carbons (Fsp3) is 0.458. The van der Waals surface area contributed by atoms with Gasteiger partial charge in [0.2, 0.25) is 15.9 Å². The Bertz CT molecular complexity index is 997. The van der Waals surface area contributed by atoms with Gasteiger partial charge in [0.25, 0.3) is 0 Å². The minimum atomic E-state index is -3.90. The Morgan fingerprint density at radius 1 is 1.03 bits per heavy atom. The number of carbonyl (C=O) groups is 1. The van der Waals surface area contributed by atoms with Gasteiger partial charge in [0.1, 0.15) is 10.6 Å². The summed E-state index contributed by atoms with van der Waals surface area (Å²) in [5.74, 6) is -0.00665. The van der Waals surface area contributed by atoms with Crippen LogP contribution >= 0.6 is 0 Å². The van der Waals surface area contributed by atoms with E-state index in [0.29, 0.717) is 12.3 Å². The molecule has 0 saturated heterocycles. The Kier molecular flexibility index (Phi) is 7.73. The van der Waals surface area contributed by atoms with Crippen LogP contribution in [0.2, 0.25) is 0 Å². The number of benzene rings is 2. The van der Waals surface area contributed by atoms with Crippen LogP contribution in [0.15, 0.2) is 47.4 Å². The summed E-state index contributed by atoms with van der Waals surface area (Å²) in [6.07, 6.45) is 4.55. The lowest BCUT2D eigenvalue weighted by atomic mass is 9.95. The molecule has 31 heavy (non-hydrogen) atoms. The van der Waals surface area contributed by atoms with Crippen molar-refractivity contribution in [2.75, 3.05) is 13.7 Å². The van der Waals surface area contributed by atoms with Gasteiger partial charge in [-0.05, 0) is 49.9 Å². The van der Waals surface area contributed by atoms with Gasteiger partial charge in [-0.1, -0.05) is 55.2 Å². The fourth-order valence-electron chi connectivity index (χ4n) is 4.00. The number of hydrogen-bond acceptors (Lipinski definition) is 4. The monoisotopic (exact) mass is 444 g/mol. The summed E-state index contributed by atoms with van der Waals surface area (Å²) in [6, 6.07) is 12.8. The molecule has 1 N–H and O–H groups in total. The van der Waals surface area contributed by atoms with Crippen molar-refractivity contribution < 1.29 is 17.9 Å². The first kappa shape index (κ1) is 23.3. The molecule has 1 amide bonds. The molecule has 0 unspecified atom stereocenters. The number of sulfonamides is 1. The van der Waals surface area contributed by atoms with Crippen LogP contribution in [0.25, 0.3) is 0 Å². The van der Waals surface area contributed by atoms with Crippen molar-refractivity contribution in [3.63, 3.8) is 0 Å². The number of nitrogens with one attached hydrogen (secondary N) is 1. The highest BCUT2D eigenvalue weighted by atomic mass is 32.2. The molecule has 2 aromatic carbocycles. The van der Waals surface area contributed by atoms with Crippen molar-refractivity contribution in [2.24, 2.45) is 0 Å². The van der Waals surface area contributed by atoms with E-state index < -0.39 is 10.0 Å². The second kappa shape index (κ2) is 10.3. The predicted octanol–water partition coefficient (Wildman–Crippen LogP) is 3.95. The van der Waals surface area contributed by atoms with Gasteiger partial charge in [-0.2, -0.15) is 4.31 Å². The fourth-order valence-corrected chi connectivity index (χ4v) is 5.88. The van der Waals surface area contributed by atoms with Gasteiger partial charge < -0.3 is 10.1 Å². The van der Waals surface area contributed by atoms with Crippen molar-refractivity contribution in [1.29, 1.82) is 0 Å². The zero-order valence-electron chi connectivity index (χ0n) is 18.6. The van der Waals surface area contributed by atoms with Crippen LogP contribution in [0, 0.1) is 13.8 Å². The van der Waals surface area contributed by atoms with Crippen LogP contribution in [-0.2, 0) is 21.4 Å². The van der Waals surface area contributed by atoms with E-state index in [1.165, 1.54) is 11.4 Å². The SMILES string of the molecule is COc1ccc(C)cc1S(=O)(=O)N(CC(=O)NCc1ccc(C)cc1)C1CCCCC1. The summed E-state index contributed by atoms with van der Waals surface area (Å²) in [7, 11) is -2.44. The minimum absolute atomic E-state index is 0.118. The first-order valence-corrected chi connectivity index (χ1v) is 12.2. The molecule has 0 aromatic heterocycles. The number of hydrogen-bond donors (Lipinski definition) is 1. The molecule has 0 aliphatic heterocycles. The average Bonchev–Trinajstić information content (AvgIpc) is 2.77. The van der Waals surface area contributed by atoms with Crippen molar-refractivity contribution in [1.82, 2.24) is 9.62 Å². The normalized spacial score (nSPS) is 15.1. The van der Waals surface area contributed by atoms with Gasteiger partial charge in [0.05, 0.1) is 13.7 Å². The third-order valence-electron chi connectivity index (χ3n) is 5.80. The largest absolute Gasteiger partial charge is 0.495 e. The van der Waals surface area contributed by atoms with Gasteiger partial charge >= 0.3 is 0 Å². The molecule has 3 rings (SSSR count). The van der Waals surface area contributed by atoms with Gasteiger partial charge in [-0.3, -0.25) is 4.79 Å². The molecular weight excluding hydrogens is 412 g/mol. The first-order chi connectivity index (χ1) is 14.8. The topological polar surface area (TPSA) is 75.7 Å². The first-order valence-electron chi connectivity index (χ1n) is 10.8. The number of amides is 1. The van der Waals surface area contributed by atoms with Gasteiger partial charge in [0, 0.05) is 12.6 Å². The third kappa shape index (κ3) is 5.86. The molecule has 1 saturated carbocycles. The Hall–Kier alpha value is -2.38. The lowest BCUT2D eigenvalue weighted by Gasteiger charge is -2.33. The number of aryl methyl sites for hydroxylation is 2. The Morgan fingerprint density at radius 2 is 1.68 bits per heavy atom. The summed E-state index contributed by atoms with van der Waals surface area (Å²) in [5.41, 5.74) is 2.95. The summed E-state index contributed by atoms with van der Waals surface area (Å²) in [6.45, 7) is 4.02. The van der Waals surface area contributed by atoms with E-state index >= 15 is 0 Å². The number of rotatable bonds is 8. The van der Waals surface area contributed by atoms with Crippen LogP contribution in [-0.4, -0.2) is 38.3 Å². The van der Waals surface area contributed by atoms with E-state index in [-0.39, 0.29) is 23.4 Å². The van der Waals surface area contributed by atoms with Crippen molar-refractivity contribution in [3.8, 4) is 5.75 Å². The number of nitrogens with zero attached hydrogens (tertiary/aromatic N) is 1. The molecular formula is C24H32N2O4S. The van der Waals surface area contributed by atoms with Gasteiger partial charge in [-0.25, -0.2) is 8.42 Å². The van der Waals surface area contributed by atoms with E-state index in [4.69, 9.17) is 4.74 Å². The van der Waals surface area contributed by atoms with Crippen molar-refractivity contribution >= 4 is 15.9 Å². The van der Waals surface area contributed by atoms with Crippen LogP contribution in [0.5, 0.6) is 5.75 Å². The van der Waals surface area contributed by atoms with Crippen LogP contribution < -0.4 is 10.1 Å². The van der Waals surface area contributed by atoms with E-state index in [2.05, 4.69) is 5.32 Å². The van der Waals surface area contributed by atoms with E-state index in [0.717, 1.165) is 48.8 Å².